The summed E-state index contributed by atoms with van der Waals surface area (Å²) in [4.78, 5) is 21.8. The molecule has 0 aromatic heterocycles. The van der Waals surface area contributed by atoms with E-state index in [0.717, 1.165) is 0 Å². The molecule has 10 heavy (non-hydrogen) atoms. The highest BCUT2D eigenvalue weighted by atomic mass is 16.1. The molecule has 52 valence electrons. The normalized spacial score (nSPS) is 37.2. The number of fused-ring (bicyclic) bond motifs is 1. The first kappa shape index (κ1) is 5.83. The lowest BCUT2D eigenvalue weighted by Crippen LogP contribution is -2.08. The minimum absolute atomic E-state index is 0.0208. The highest BCUT2D eigenvalue weighted by molar-refractivity contribution is 6.00. The molecule has 2 aliphatic carbocycles. The molecule has 0 aromatic carbocycles. The number of ketones is 2. The van der Waals surface area contributed by atoms with E-state index in [-0.39, 0.29) is 23.4 Å². The van der Waals surface area contributed by atoms with Crippen LogP contribution in [0.3, 0.4) is 0 Å². The lowest BCUT2D eigenvalue weighted by molar-refractivity contribution is -0.121. The second-order valence-corrected chi connectivity index (χ2v) is 2.98. The average molecular weight is 136 g/mol. The molecule has 0 aliphatic heterocycles. The van der Waals surface area contributed by atoms with Crippen molar-refractivity contribution in [3.63, 3.8) is 0 Å². The number of hydrogen-bond donors (Lipinski definition) is 0. The van der Waals surface area contributed by atoms with Gasteiger partial charge in [-0.1, -0.05) is 6.08 Å². The molecule has 0 spiro atoms. The molecule has 0 heterocycles. The Bertz CT molecular complexity index is 227. The fourth-order valence-corrected chi connectivity index (χ4v) is 1.74. The summed E-state index contributed by atoms with van der Waals surface area (Å²) in [5.74, 6) is 0.663. The average Bonchev–Trinajstić information content (AvgIpc) is 2.35. The highest BCUT2D eigenvalue weighted by Crippen LogP contribution is 2.35. The number of Topliss-reactive ketones (excluding diaryl/α,β-unsaturated/α-hetero) is 1. The second kappa shape index (κ2) is 1.78. The van der Waals surface area contributed by atoms with E-state index in [4.69, 9.17) is 0 Å². The van der Waals surface area contributed by atoms with Crippen LogP contribution in [0.15, 0.2) is 12.2 Å². The summed E-state index contributed by atoms with van der Waals surface area (Å²) in [6, 6.07) is 0. The summed E-state index contributed by atoms with van der Waals surface area (Å²) in [5, 5.41) is 0. The maximum absolute atomic E-state index is 11.0. The molecule has 2 aliphatic rings. The van der Waals surface area contributed by atoms with Crippen LogP contribution in [-0.2, 0) is 9.59 Å². The van der Waals surface area contributed by atoms with Crippen molar-refractivity contribution in [1.82, 2.24) is 0 Å². The molecule has 0 bridgehead atoms. The van der Waals surface area contributed by atoms with Crippen LogP contribution < -0.4 is 0 Å². The van der Waals surface area contributed by atoms with Crippen molar-refractivity contribution in [2.75, 3.05) is 0 Å². The zero-order valence-corrected chi connectivity index (χ0v) is 5.54. The van der Waals surface area contributed by atoms with Gasteiger partial charge in [-0.3, -0.25) is 9.59 Å². The molecule has 1 fully saturated rings. The largest absolute Gasteiger partial charge is 0.300 e. The summed E-state index contributed by atoms with van der Waals surface area (Å²) in [6.07, 6.45) is 4.56. The maximum atomic E-state index is 11.0. The van der Waals surface area contributed by atoms with Gasteiger partial charge >= 0.3 is 0 Å². The van der Waals surface area contributed by atoms with E-state index in [0.29, 0.717) is 12.8 Å². The van der Waals surface area contributed by atoms with Crippen molar-refractivity contribution in [1.29, 1.82) is 0 Å². The topological polar surface area (TPSA) is 34.1 Å². The van der Waals surface area contributed by atoms with Crippen LogP contribution in [0.5, 0.6) is 0 Å². The molecule has 1 saturated carbocycles. The number of carbonyl (C=O) groups excluding carboxylic acids is 2. The molecular formula is C8H8O2. The number of allylic oxidation sites excluding steroid dienone is 2. The van der Waals surface area contributed by atoms with Gasteiger partial charge in [-0.05, 0) is 12.0 Å². The molecule has 2 heteroatoms. The van der Waals surface area contributed by atoms with Crippen LogP contribution in [0.2, 0.25) is 0 Å². The Kier molecular flexibility index (Phi) is 1.04. The molecule has 2 rings (SSSR count). The monoisotopic (exact) mass is 136 g/mol. The molecule has 0 N–H and O–H groups in total. The zero-order chi connectivity index (χ0) is 7.14. The number of carbonyl (C=O) groups is 2. The Morgan fingerprint density at radius 3 is 2.80 bits per heavy atom. The number of rotatable bonds is 0. The summed E-state index contributed by atoms with van der Waals surface area (Å²) < 4.78 is 0. The highest BCUT2D eigenvalue weighted by Gasteiger charge is 2.38. The van der Waals surface area contributed by atoms with Gasteiger partial charge in [0.25, 0.3) is 0 Å². The molecule has 0 unspecified atom stereocenters. The van der Waals surface area contributed by atoms with Crippen molar-refractivity contribution in [3.05, 3.63) is 12.2 Å². The van der Waals surface area contributed by atoms with Gasteiger partial charge in [0.05, 0.1) is 0 Å². The standard InChI is InChI=1S/C8H8O2/c9-6-3-5-1-2-8(10)7(5)4-6/h1-2,5,7H,3-4H2/t5-,7+/m0/s1. The third kappa shape index (κ3) is 0.649. The number of hydrogen-bond acceptors (Lipinski definition) is 2. The van der Waals surface area contributed by atoms with E-state index in [1.807, 2.05) is 6.08 Å². The van der Waals surface area contributed by atoms with Crippen molar-refractivity contribution >= 4 is 11.6 Å². The van der Waals surface area contributed by atoms with Crippen molar-refractivity contribution < 1.29 is 9.59 Å². The fraction of sp³-hybridized carbons (Fsp3) is 0.500. The van der Waals surface area contributed by atoms with Gasteiger partial charge in [-0.15, -0.1) is 0 Å². The minimum atomic E-state index is 0.0208. The van der Waals surface area contributed by atoms with Crippen molar-refractivity contribution in [2.45, 2.75) is 12.8 Å². The molecular weight excluding hydrogens is 128 g/mol. The van der Waals surface area contributed by atoms with Gasteiger partial charge in [-0.2, -0.15) is 0 Å². The van der Waals surface area contributed by atoms with Gasteiger partial charge in [-0.25, -0.2) is 0 Å². The van der Waals surface area contributed by atoms with E-state index >= 15 is 0 Å². The van der Waals surface area contributed by atoms with E-state index in [1.165, 1.54) is 0 Å². The van der Waals surface area contributed by atoms with Crippen LogP contribution in [0.1, 0.15) is 12.8 Å². The van der Waals surface area contributed by atoms with Crippen LogP contribution in [0, 0.1) is 11.8 Å². The Morgan fingerprint density at radius 1 is 1.30 bits per heavy atom. The van der Waals surface area contributed by atoms with Crippen LogP contribution in [0.25, 0.3) is 0 Å². The van der Waals surface area contributed by atoms with Gasteiger partial charge in [0, 0.05) is 18.8 Å². The predicted octanol–water partition coefficient (Wildman–Crippen LogP) is 0.721. The summed E-state index contributed by atoms with van der Waals surface area (Å²) in [5.41, 5.74) is 0. The molecule has 0 aromatic rings. The molecule has 0 amide bonds. The second-order valence-electron chi connectivity index (χ2n) is 2.98. The lowest BCUT2D eigenvalue weighted by atomic mass is 9.99. The third-order valence-corrected chi connectivity index (χ3v) is 2.30. The van der Waals surface area contributed by atoms with Gasteiger partial charge in [0.2, 0.25) is 0 Å². The van der Waals surface area contributed by atoms with Gasteiger partial charge in [0.1, 0.15) is 5.78 Å². The van der Waals surface area contributed by atoms with Crippen molar-refractivity contribution in [3.8, 4) is 0 Å². The van der Waals surface area contributed by atoms with E-state index in [9.17, 15) is 9.59 Å². The molecule has 0 saturated heterocycles. The smallest absolute Gasteiger partial charge is 0.159 e. The molecule has 2 atom stereocenters. The lowest BCUT2D eigenvalue weighted by Gasteiger charge is -2.01. The SMILES string of the molecule is O=C1C[C@@H]2C=CC(=O)[C@@H]2C1. The van der Waals surface area contributed by atoms with E-state index in [2.05, 4.69) is 0 Å². The maximum Gasteiger partial charge on any atom is 0.159 e. The summed E-state index contributed by atoms with van der Waals surface area (Å²) in [6.45, 7) is 0. The summed E-state index contributed by atoms with van der Waals surface area (Å²) >= 11 is 0. The van der Waals surface area contributed by atoms with Crippen LogP contribution in [-0.4, -0.2) is 11.6 Å². The Balaban J connectivity index is 2.26. The Labute approximate surface area is 58.9 Å². The van der Waals surface area contributed by atoms with Gasteiger partial charge in [0.15, 0.2) is 5.78 Å². The van der Waals surface area contributed by atoms with E-state index < -0.39 is 0 Å². The predicted molar refractivity (Wildman–Crippen MR) is 35.4 cm³/mol. The van der Waals surface area contributed by atoms with Crippen molar-refractivity contribution in [2.24, 2.45) is 11.8 Å². The first-order valence-corrected chi connectivity index (χ1v) is 3.51. The third-order valence-electron chi connectivity index (χ3n) is 2.30. The minimum Gasteiger partial charge on any atom is -0.300 e. The first-order chi connectivity index (χ1) is 4.77. The first-order valence-electron chi connectivity index (χ1n) is 3.51. The van der Waals surface area contributed by atoms with E-state index in [1.54, 1.807) is 6.08 Å². The molecule has 2 nitrogen and oxygen atoms in total. The van der Waals surface area contributed by atoms with Crippen LogP contribution in [0.4, 0.5) is 0 Å². The summed E-state index contributed by atoms with van der Waals surface area (Å²) in [7, 11) is 0. The fourth-order valence-electron chi connectivity index (χ4n) is 1.74. The molecule has 0 radical (unpaired) electrons. The van der Waals surface area contributed by atoms with Crippen LogP contribution >= 0.6 is 0 Å². The zero-order valence-electron chi connectivity index (χ0n) is 5.54. The Hall–Kier alpha value is -0.920. The Morgan fingerprint density at radius 2 is 2.10 bits per heavy atom. The quantitative estimate of drug-likeness (QED) is 0.491. The van der Waals surface area contributed by atoms with Gasteiger partial charge < -0.3 is 0 Å².